The highest BCUT2D eigenvalue weighted by Gasteiger charge is 2.13. The maximum absolute atomic E-state index is 13.0. The molecule has 2 heterocycles. The van der Waals surface area contributed by atoms with Crippen molar-refractivity contribution in [3.63, 3.8) is 0 Å². The minimum absolute atomic E-state index is 0.163. The zero-order valence-electron chi connectivity index (χ0n) is 14.1. The molecular formula is C20H14FN3O2S. The number of aromatic nitrogens is 2. The number of para-hydroxylation sites is 1. The molecule has 0 saturated carbocycles. The van der Waals surface area contributed by atoms with Gasteiger partial charge in [-0.15, -0.1) is 0 Å². The van der Waals surface area contributed by atoms with Gasteiger partial charge in [0.2, 0.25) is 5.91 Å². The molecule has 0 atom stereocenters. The molecule has 0 aliphatic heterocycles. The lowest BCUT2D eigenvalue weighted by atomic mass is 10.2. The molecule has 4 aromatic rings. The first-order valence-electron chi connectivity index (χ1n) is 8.18. The summed E-state index contributed by atoms with van der Waals surface area (Å²) in [5, 5.41) is 4.30. The van der Waals surface area contributed by atoms with E-state index in [1.165, 1.54) is 36.0 Å². The number of thioether (sulfide) groups is 1. The topological polar surface area (TPSA) is 68.0 Å². The monoisotopic (exact) mass is 379 g/mol. The number of carbonyl (C=O) groups is 1. The summed E-state index contributed by atoms with van der Waals surface area (Å²) in [7, 11) is 0. The van der Waals surface area contributed by atoms with E-state index in [9.17, 15) is 9.18 Å². The van der Waals surface area contributed by atoms with Crippen LogP contribution in [-0.4, -0.2) is 21.6 Å². The Morgan fingerprint density at radius 2 is 1.85 bits per heavy atom. The van der Waals surface area contributed by atoms with Crippen LogP contribution in [0.15, 0.2) is 76.4 Å². The number of nitrogens with one attached hydrogen (secondary N) is 1. The van der Waals surface area contributed by atoms with Gasteiger partial charge in [-0.05, 0) is 42.5 Å². The summed E-state index contributed by atoms with van der Waals surface area (Å²) in [6, 6.07) is 16.8. The molecule has 0 spiro atoms. The number of hydrogen-bond donors (Lipinski definition) is 1. The third-order valence-corrected chi connectivity index (χ3v) is 4.77. The number of nitrogens with zero attached hydrogens (tertiary/aromatic N) is 2. The van der Waals surface area contributed by atoms with Gasteiger partial charge >= 0.3 is 0 Å². The van der Waals surface area contributed by atoms with Gasteiger partial charge in [-0.1, -0.05) is 30.0 Å². The molecule has 2 aromatic heterocycles. The van der Waals surface area contributed by atoms with E-state index >= 15 is 0 Å². The number of fused-ring (bicyclic) bond motifs is 1. The standard InChI is InChI=1S/C20H14FN3O2S/c21-13-7-9-14(10-8-13)22-18(25)12-27-20-15-4-1-2-5-16(15)23-19(24-20)17-6-3-11-26-17/h1-11H,12H2,(H,22,25). The van der Waals surface area contributed by atoms with Gasteiger partial charge in [-0.25, -0.2) is 14.4 Å². The van der Waals surface area contributed by atoms with Crippen molar-refractivity contribution < 1.29 is 13.6 Å². The number of amides is 1. The molecule has 4 rings (SSSR count). The van der Waals surface area contributed by atoms with E-state index in [-0.39, 0.29) is 17.5 Å². The molecule has 0 bridgehead atoms. The number of rotatable bonds is 5. The average Bonchev–Trinajstić information content (AvgIpc) is 3.22. The summed E-state index contributed by atoms with van der Waals surface area (Å²) in [5.41, 5.74) is 1.33. The second-order valence-electron chi connectivity index (χ2n) is 5.69. The Labute approximate surface area is 158 Å². The lowest BCUT2D eigenvalue weighted by Crippen LogP contribution is -2.14. The van der Waals surface area contributed by atoms with Gasteiger partial charge < -0.3 is 9.73 Å². The summed E-state index contributed by atoms with van der Waals surface area (Å²) in [5.74, 6) is 0.656. The van der Waals surface area contributed by atoms with Crippen LogP contribution in [0.4, 0.5) is 10.1 Å². The lowest BCUT2D eigenvalue weighted by molar-refractivity contribution is -0.113. The molecule has 5 nitrogen and oxygen atoms in total. The Morgan fingerprint density at radius 1 is 1.04 bits per heavy atom. The highest BCUT2D eigenvalue weighted by Crippen LogP contribution is 2.28. The van der Waals surface area contributed by atoms with Crippen molar-refractivity contribution in [1.29, 1.82) is 0 Å². The van der Waals surface area contributed by atoms with Crippen molar-refractivity contribution in [1.82, 2.24) is 9.97 Å². The van der Waals surface area contributed by atoms with Crippen LogP contribution in [0.2, 0.25) is 0 Å². The van der Waals surface area contributed by atoms with Gasteiger partial charge in [0.25, 0.3) is 0 Å². The fourth-order valence-electron chi connectivity index (χ4n) is 2.54. The third-order valence-electron chi connectivity index (χ3n) is 3.78. The van der Waals surface area contributed by atoms with Gasteiger partial charge in [0.05, 0.1) is 17.5 Å². The maximum Gasteiger partial charge on any atom is 0.234 e. The Bertz CT molecular complexity index is 1080. The fourth-order valence-corrected chi connectivity index (χ4v) is 3.36. The average molecular weight is 379 g/mol. The predicted molar refractivity (Wildman–Crippen MR) is 103 cm³/mol. The van der Waals surface area contributed by atoms with E-state index in [1.807, 2.05) is 24.3 Å². The Kier molecular flexibility index (Phi) is 4.84. The highest BCUT2D eigenvalue weighted by atomic mass is 32.2. The Hall–Kier alpha value is -3.19. The van der Waals surface area contributed by atoms with Crippen LogP contribution >= 0.6 is 11.8 Å². The third kappa shape index (κ3) is 3.98. The van der Waals surface area contributed by atoms with E-state index < -0.39 is 0 Å². The van der Waals surface area contributed by atoms with Crippen molar-refractivity contribution in [3.8, 4) is 11.6 Å². The van der Waals surface area contributed by atoms with Gasteiger partial charge in [0.1, 0.15) is 10.8 Å². The quantitative estimate of drug-likeness (QED) is 0.400. The van der Waals surface area contributed by atoms with Crippen molar-refractivity contribution in [2.75, 3.05) is 11.1 Å². The molecular weight excluding hydrogens is 365 g/mol. The molecule has 134 valence electrons. The van der Waals surface area contributed by atoms with Gasteiger partial charge in [0, 0.05) is 11.1 Å². The van der Waals surface area contributed by atoms with Crippen molar-refractivity contribution in [3.05, 3.63) is 72.7 Å². The Balaban J connectivity index is 1.55. The molecule has 0 unspecified atom stereocenters. The van der Waals surface area contributed by atoms with Crippen molar-refractivity contribution in [2.45, 2.75) is 5.03 Å². The van der Waals surface area contributed by atoms with E-state index in [1.54, 1.807) is 18.4 Å². The smallest absolute Gasteiger partial charge is 0.234 e. The first-order valence-corrected chi connectivity index (χ1v) is 9.16. The Morgan fingerprint density at radius 3 is 2.63 bits per heavy atom. The summed E-state index contributed by atoms with van der Waals surface area (Å²) < 4.78 is 18.4. The number of hydrogen-bond acceptors (Lipinski definition) is 5. The molecule has 2 aromatic carbocycles. The SMILES string of the molecule is O=C(CSc1nc(-c2ccco2)nc2ccccc12)Nc1ccc(F)cc1. The number of furan rings is 1. The van der Waals surface area contributed by atoms with Crippen molar-refractivity contribution in [2.24, 2.45) is 0 Å². The first-order chi connectivity index (χ1) is 13.2. The summed E-state index contributed by atoms with van der Waals surface area (Å²) in [4.78, 5) is 21.3. The second kappa shape index (κ2) is 7.59. The summed E-state index contributed by atoms with van der Waals surface area (Å²) in [6.07, 6.45) is 1.57. The van der Waals surface area contributed by atoms with Crippen LogP contribution in [0.5, 0.6) is 0 Å². The number of carbonyl (C=O) groups excluding carboxylic acids is 1. The van der Waals surface area contributed by atoms with Crippen molar-refractivity contribution >= 4 is 34.3 Å². The zero-order chi connectivity index (χ0) is 18.6. The molecule has 0 radical (unpaired) electrons. The molecule has 7 heteroatoms. The van der Waals surface area contributed by atoms with Crippen LogP contribution in [0.25, 0.3) is 22.5 Å². The molecule has 27 heavy (non-hydrogen) atoms. The van der Waals surface area contributed by atoms with E-state index in [2.05, 4.69) is 15.3 Å². The number of benzene rings is 2. The van der Waals surface area contributed by atoms with Crippen LogP contribution in [0.3, 0.4) is 0 Å². The maximum atomic E-state index is 13.0. The van der Waals surface area contributed by atoms with E-state index in [4.69, 9.17) is 4.42 Å². The largest absolute Gasteiger partial charge is 0.461 e. The summed E-state index contributed by atoms with van der Waals surface area (Å²) >= 11 is 1.31. The molecule has 1 N–H and O–H groups in total. The predicted octanol–water partition coefficient (Wildman–Crippen LogP) is 4.76. The minimum atomic E-state index is -0.347. The van der Waals surface area contributed by atoms with Crippen LogP contribution in [0.1, 0.15) is 0 Å². The van der Waals surface area contributed by atoms with Crippen LogP contribution in [0, 0.1) is 5.82 Å². The molecule has 0 aliphatic rings. The van der Waals surface area contributed by atoms with Gasteiger partial charge in [-0.3, -0.25) is 4.79 Å². The highest BCUT2D eigenvalue weighted by molar-refractivity contribution is 8.00. The number of anilines is 1. The zero-order valence-corrected chi connectivity index (χ0v) is 14.9. The molecule has 0 aliphatic carbocycles. The number of halogens is 1. The van der Waals surface area contributed by atoms with Crippen LogP contribution < -0.4 is 5.32 Å². The van der Waals surface area contributed by atoms with E-state index in [0.717, 1.165) is 10.9 Å². The summed E-state index contributed by atoms with van der Waals surface area (Å²) in [6.45, 7) is 0. The molecule has 1 amide bonds. The van der Waals surface area contributed by atoms with Gasteiger partial charge in [-0.2, -0.15) is 0 Å². The molecule has 0 fully saturated rings. The first kappa shape index (κ1) is 17.2. The minimum Gasteiger partial charge on any atom is -0.461 e. The lowest BCUT2D eigenvalue weighted by Gasteiger charge is -2.08. The fraction of sp³-hybridized carbons (Fsp3) is 0.0500. The van der Waals surface area contributed by atoms with Gasteiger partial charge in [0.15, 0.2) is 11.6 Å². The van der Waals surface area contributed by atoms with Crippen LogP contribution in [-0.2, 0) is 4.79 Å². The second-order valence-corrected chi connectivity index (χ2v) is 6.65. The normalized spacial score (nSPS) is 10.9. The van der Waals surface area contributed by atoms with E-state index in [0.29, 0.717) is 22.3 Å². The molecule has 0 saturated heterocycles.